The highest BCUT2D eigenvalue weighted by atomic mass is 16.7. The lowest BCUT2D eigenvalue weighted by Crippen LogP contribution is -2.75. The van der Waals surface area contributed by atoms with Gasteiger partial charge in [-0.15, -0.1) is 0 Å². The molecule has 188 valence electrons. The molecule has 4 aliphatic rings. The van der Waals surface area contributed by atoms with Gasteiger partial charge in [-0.2, -0.15) is 0 Å². The van der Waals surface area contributed by atoms with Gasteiger partial charge in [0.15, 0.2) is 11.5 Å². The first kappa shape index (κ1) is 23.8. The van der Waals surface area contributed by atoms with E-state index in [1.54, 1.807) is 0 Å². The molecule has 0 saturated heterocycles. The van der Waals surface area contributed by atoms with E-state index in [0.29, 0.717) is 17.8 Å². The summed E-state index contributed by atoms with van der Waals surface area (Å²) in [6, 6.07) is 4.36. The van der Waals surface area contributed by atoms with E-state index in [9.17, 15) is 4.79 Å². The Balaban J connectivity index is 1.41. The molecule has 1 aromatic rings. The van der Waals surface area contributed by atoms with Crippen LogP contribution in [0.1, 0.15) is 96.6 Å². The van der Waals surface area contributed by atoms with Crippen molar-refractivity contribution >= 4 is 6.03 Å². The summed E-state index contributed by atoms with van der Waals surface area (Å²) < 4.78 is 13.5. The third-order valence-electron chi connectivity index (χ3n) is 9.49. The number of urea groups is 1. The number of nitrogens with one attached hydrogen (secondary N) is 2. The van der Waals surface area contributed by atoms with Crippen LogP contribution in [0, 0.1) is 37.0 Å². The van der Waals surface area contributed by atoms with Gasteiger partial charge in [-0.25, -0.2) is 4.79 Å². The van der Waals surface area contributed by atoms with E-state index in [1.807, 2.05) is 0 Å². The zero-order valence-corrected chi connectivity index (χ0v) is 22.1. The fraction of sp³-hybridized carbons (Fsp3) is 0.759. The summed E-state index contributed by atoms with van der Waals surface area (Å²) in [5.41, 5.74) is 2.09. The molecule has 3 saturated carbocycles. The van der Waals surface area contributed by atoms with Gasteiger partial charge in [-0.1, -0.05) is 47.0 Å². The van der Waals surface area contributed by atoms with E-state index >= 15 is 0 Å². The van der Waals surface area contributed by atoms with Crippen LogP contribution in [-0.4, -0.2) is 23.4 Å². The molecule has 0 aromatic heterocycles. The molecule has 0 unspecified atom stereocenters. The zero-order chi connectivity index (χ0) is 24.3. The zero-order valence-electron chi connectivity index (χ0n) is 22.1. The first-order valence-corrected chi connectivity index (χ1v) is 13.6. The lowest BCUT2D eigenvalue weighted by molar-refractivity contribution is -0.222. The van der Waals surface area contributed by atoms with E-state index < -0.39 is 11.3 Å². The Labute approximate surface area is 205 Å². The normalized spacial score (nSPS) is 34.1. The highest BCUT2D eigenvalue weighted by Gasteiger charge is 2.67. The second-order valence-corrected chi connectivity index (χ2v) is 12.9. The molecular formula is C29H44N2O3. The molecule has 1 aliphatic heterocycles. The number of hydrogen-bond donors (Lipinski definition) is 2. The lowest BCUT2D eigenvalue weighted by Gasteiger charge is -2.56. The summed E-state index contributed by atoms with van der Waals surface area (Å²) >= 11 is 0. The van der Waals surface area contributed by atoms with Crippen LogP contribution < -0.4 is 20.1 Å². The summed E-state index contributed by atoms with van der Waals surface area (Å²) in [6.45, 7) is 13.5. The first-order valence-electron chi connectivity index (χ1n) is 13.6. The van der Waals surface area contributed by atoms with E-state index in [-0.39, 0.29) is 17.5 Å². The molecule has 1 aromatic carbocycles. The van der Waals surface area contributed by atoms with Gasteiger partial charge in [0.1, 0.15) is 5.54 Å². The molecular weight excluding hydrogens is 424 g/mol. The van der Waals surface area contributed by atoms with Crippen molar-refractivity contribution < 1.29 is 14.3 Å². The number of carbonyl (C=O) groups is 1. The van der Waals surface area contributed by atoms with Gasteiger partial charge in [0, 0.05) is 12.0 Å². The van der Waals surface area contributed by atoms with Gasteiger partial charge in [0.25, 0.3) is 5.79 Å². The van der Waals surface area contributed by atoms with Crippen molar-refractivity contribution in [1.82, 2.24) is 10.6 Å². The number of benzene rings is 1. The van der Waals surface area contributed by atoms with Crippen molar-refractivity contribution in [2.45, 2.75) is 117 Å². The predicted octanol–water partition coefficient (Wildman–Crippen LogP) is 6.64. The predicted molar refractivity (Wildman–Crippen MR) is 135 cm³/mol. The number of hydrogen-bond acceptors (Lipinski definition) is 3. The SMILES string of the molecule is Cc1cc2c(cc1C)OC1(O2)C2CCCC1(NC(=O)N[C@@H]1C[C@@H](C)CC[C@@H]1C(C)(C)C)CCC2. The Kier molecular flexibility index (Phi) is 5.84. The monoisotopic (exact) mass is 468 g/mol. The number of carbonyl (C=O) groups excluding carboxylic acids is 1. The Morgan fingerprint density at radius 2 is 1.56 bits per heavy atom. The molecule has 5 heteroatoms. The second-order valence-electron chi connectivity index (χ2n) is 12.9. The second kappa shape index (κ2) is 8.34. The fourth-order valence-corrected chi connectivity index (χ4v) is 7.53. The van der Waals surface area contributed by atoms with Crippen LogP contribution in [0.3, 0.4) is 0 Å². The molecule has 5 nitrogen and oxygen atoms in total. The van der Waals surface area contributed by atoms with Crippen LogP contribution in [0.2, 0.25) is 0 Å². The summed E-state index contributed by atoms with van der Waals surface area (Å²) in [6.07, 6.45) is 9.62. The largest absolute Gasteiger partial charge is 0.446 e. The van der Waals surface area contributed by atoms with Gasteiger partial charge >= 0.3 is 6.03 Å². The maximum Gasteiger partial charge on any atom is 0.315 e. The molecule has 5 rings (SSSR count). The molecule has 1 spiro atoms. The van der Waals surface area contributed by atoms with Crippen molar-refractivity contribution in [2.24, 2.45) is 23.2 Å². The van der Waals surface area contributed by atoms with Crippen molar-refractivity contribution in [1.29, 1.82) is 0 Å². The number of ether oxygens (including phenoxy) is 2. The molecule has 3 aliphatic carbocycles. The number of fused-ring (bicyclic) bond motifs is 1. The molecule has 3 fully saturated rings. The quantitative estimate of drug-likeness (QED) is 0.511. The molecule has 0 radical (unpaired) electrons. The average Bonchev–Trinajstić information content (AvgIpc) is 3.07. The Morgan fingerprint density at radius 3 is 2.12 bits per heavy atom. The van der Waals surface area contributed by atoms with Crippen LogP contribution in [0.15, 0.2) is 12.1 Å². The smallest absolute Gasteiger partial charge is 0.315 e. The fourth-order valence-electron chi connectivity index (χ4n) is 7.53. The maximum absolute atomic E-state index is 13.6. The number of amides is 2. The van der Waals surface area contributed by atoms with Crippen LogP contribution in [-0.2, 0) is 0 Å². The number of rotatable bonds is 2. The Morgan fingerprint density at radius 1 is 0.971 bits per heavy atom. The van der Waals surface area contributed by atoms with E-state index in [4.69, 9.17) is 9.47 Å². The van der Waals surface area contributed by atoms with E-state index in [0.717, 1.165) is 56.4 Å². The van der Waals surface area contributed by atoms with Crippen LogP contribution in [0.4, 0.5) is 4.79 Å². The summed E-state index contributed by atoms with van der Waals surface area (Å²) in [5.74, 6) is 2.28. The highest BCUT2D eigenvalue weighted by molar-refractivity contribution is 5.75. The minimum Gasteiger partial charge on any atom is -0.446 e. The highest BCUT2D eigenvalue weighted by Crippen LogP contribution is 2.57. The minimum atomic E-state index is -0.799. The molecule has 1 heterocycles. The molecule has 2 bridgehead atoms. The van der Waals surface area contributed by atoms with Gasteiger partial charge in [-0.3, -0.25) is 0 Å². The third-order valence-corrected chi connectivity index (χ3v) is 9.49. The molecule has 2 amide bonds. The molecule has 3 atom stereocenters. The Hall–Kier alpha value is -1.91. The molecule has 34 heavy (non-hydrogen) atoms. The summed E-state index contributed by atoms with van der Waals surface area (Å²) in [4.78, 5) is 13.6. The van der Waals surface area contributed by atoms with Crippen molar-refractivity contribution in [3.63, 3.8) is 0 Å². The third kappa shape index (κ3) is 3.87. The first-order chi connectivity index (χ1) is 16.0. The summed E-state index contributed by atoms with van der Waals surface area (Å²) in [7, 11) is 0. The topological polar surface area (TPSA) is 59.6 Å². The van der Waals surface area contributed by atoms with E-state index in [2.05, 4.69) is 64.3 Å². The average molecular weight is 469 g/mol. The van der Waals surface area contributed by atoms with Crippen LogP contribution in [0.5, 0.6) is 11.5 Å². The van der Waals surface area contributed by atoms with Crippen molar-refractivity contribution in [3.8, 4) is 11.5 Å². The standard InChI is InChI=1S/C29H44N2O3/c1-18-11-12-22(27(4,5)6)23(15-18)30-26(32)31-28-13-7-9-21(10-8-14-28)29(28)33-24-16-19(2)20(3)17-25(24)34-29/h16-18,21-23H,7-15H2,1-6H3,(H2,30,31,32)/t18-,21?,22-,23+,28?/m0/s1. The molecule has 2 N–H and O–H groups in total. The van der Waals surface area contributed by atoms with Gasteiger partial charge in [0.05, 0.1) is 0 Å². The number of aryl methyl sites for hydroxylation is 2. The van der Waals surface area contributed by atoms with Gasteiger partial charge < -0.3 is 20.1 Å². The Bertz CT molecular complexity index is 908. The van der Waals surface area contributed by atoms with Crippen LogP contribution >= 0.6 is 0 Å². The van der Waals surface area contributed by atoms with Crippen molar-refractivity contribution in [3.05, 3.63) is 23.3 Å². The van der Waals surface area contributed by atoms with Crippen molar-refractivity contribution in [2.75, 3.05) is 0 Å². The summed E-state index contributed by atoms with van der Waals surface area (Å²) in [5, 5.41) is 6.93. The minimum absolute atomic E-state index is 0.0502. The van der Waals surface area contributed by atoms with Gasteiger partial charge in [0.2, 0.25) is 0 Å². The van der Waals surface area contributed by atoms with Crippen LogP contribution in [0.25, 0.3) is 0 Å². The van der Waals surface area contributed by atoms with Gasteiger partial charge in [-0.05, 0) is 92.9 Å². The lowest BCUT2D eigenvalue weighted by atomic mass is 9.62. The van der Waals surface area contributed by atoms with E-state index in [1.165, 1.54) is 24.0 Å². The maximum atomic E-state index is 13.6.